The summed E-state index contributed by atoms with van der Waals surface area (Å²) in [5.74, 6) is -1.55. The third-order valence-corrected chi connectivity index (χ3v) is 4.36. The second-order valence-corrected chi connectivity index (χ2v) is 6.31. The topological polar surface area (TPSA) is 70.7 Å². The number of alkyl halides is 6. The number of hydrogen-bond acceptors (Lipinski definition) is 4. The molecule has 0 bridgehead atoms. The number of rotatable bonds is 3. The normalized spacial score (nSPS) is 25.0. The fourth-order valence-electron chi connectivity index (χ4n) is 2.73. The summed E-state index contributed by atoms with van der Waals surface area (Å²) in [6, 6.07) is -0.712. The van der Waals surface area contributed by atoms with Crippen molar-refractivity contribution in [2.75, 3.05) is 0 Å². The molecule has 1 aliphatic heterocycles. The van der Waals surface area contributed by atoms with E-state index < -0.39 is 42.1 Å². The van der Waals surface area contributed by atoms with E-state index >= 15 is 0 Å². The molecule has 2 atom stereocenters. The van der Waals surface area contributed by atoms with Crippen molar-refractivity contribution >= 4 is 12.1 Å². The summed E-state index contributed by atoms with van der Waals surface area (Å²) < 4.78 is 78.9. The van der Waals surface area contributed by atoms with Gasteiger partial charge in [-0.2, -0.15) is 41.6 Å². The van der Waals surface area contributed by atoms with Crippen LogP contribution in [0.2, 0.25) is 0 Å². The summed E-state index contributed by atoms with van der Waals surface area (Å²) in [6.45, 7) is 1.12. The average Bonchev–Trinajstić information content (AvgIpc) is 3.11. The van der Waals surface area contributed by atoms with E-state index in [1.807, 2.05) is 0 Å². The van der Waals surface area contributed by atoms with Gasteiger partial charge in [-0.25, -0.2) is 0 Å². The smallest absolute Gasteiger partial charge is 0.362 e. The Morgan fingerprint density at radius 2 is 1.92 bits per heavy atom. The molecule has 3 rings (SSSR count). The fraction of sp³-hybridized carbons (Fsp3) is 0.643. The lowest BCUT2D eigenvalue weighted by atomic mass is 10.1. The van der Waals surface area contributed by atoms with E-state index in [0.717, 1.165) is 23.9 Å². The second kappa shape index (κ2) is 5.69. The molecule has 1 fully saturated rings. The van der Waals surface area contributed by atoms with Gasteiger partial charge in [0.15, 0.2) is 5.69 Å². The van der Waals surface area contributed by atoms with Crippen LogP contribution in [0, 0.1) is 0 Å². The lowest BCUT2D eigenvalue weighted by Crippen LogP contribution is -2.57. The van der Waals surface area contributed by atoms with Crippen molar-refractivity contribution in [2.45, 2.75) is 56.2 Å². The molecule has 0 aromatic carbocycles. The van der Waals surface area contributed by atoms with E-state index in [9.17, 15) is 36.2 Å². The van der Waals surface area contributed by atoms with Gasteiger partial charge in [-0.3, -0.25) is 9.48 Å². The third-order valence-electron chi connectivity index (χ3n) is 4.36. The van der Waals surface area contributed by atoms with Gasteiger partial charge in [0.05, 0.1) is 0 Å². The highest BCUT2D eigenvalue weighted by molar-refractivity contribution is 5.83. The highest BCUT2D eigenvalue weighted by atomic mass is 19.4. The molecule has 12 heteroatoms. The van der Waals surface area contributed by atoms with Crippen molar-refractivity contribution in [2.24, 2.45) is 5.10 Å². The minimum atomic E-state index is -5.18. The Hall–Kier alpha value is -2.11. The molecule has 1 aliphatic carbocycles. The standard InChI is InChI=1S/C14H14F6N4O2/c1-7(11(25)24-12(26,4-5-21-24)14(18,19)20)23-9(8-2-3-8)6-10(22-23)13(15,16)17/h5-8,26H,2-4H2,1H3/t7-,12-/m0/s1. The van der Waals surface area contributed by atoms with Crippen LogP contribution in [0.15, 0.2) is 11.2 Å². The van der Waals surface area contributed by atoms with E-state index in [1.54, 1.807) is 0 Å². The molecule has 2 aliphatic rings. The van der Waals surface area contributed by atoms with Crippen LogP contribution in [0.4, 0.5) is 26.3 Å². The fourth-order valence-corrected chi connectivity index (χ4v) is 2.73. The molecule has 0 spiro atoms. The van der Waals surface area contributed by atoms with Crippen molar-refractivity contribution < 1.29 is 36.2 Å². The van der Waals surface area contributed by atoms with Crippen LogP contribution < -0.4 is 0 Å². The van der Waals surface area contributed by atoms with Crippen LogP contribution in [-0.4, -0.2) is 43.9 Å². The molecular weight excluding hydrogens is 370 g/mol. The molecule has 1 saturated carbocycles. The van der Waals surface area contributed by atoms with Gasteiger partial charge < -0.3 is 5.11 Å². The van der Waals surface area contributed by atoms with Crippen LogP contribution in [0.5, 0.6) is 0 Å². The zero-order chi connectivity index (χ0) is 19.5. The van der Waals surface area contributed by atoms with Crippen LogP contribution in [-0.2, 0) is 11.0 Å². The summed E-state index contributed by atoms with van der Waals surface area (Å²) in [5.41, 5.74) is -4.63. The van der Waals surface area contributed by atoms with Gasteiger partial charge >= 0.3 is 12.4 Å². The third kappa shape index (κ3) is 2.95. The van der Waals surface area contributed by atoms with Crippen molar-refractivity contribution in [1.29, 1.82) is 0 Å². The Balaban J connectivity index is 1.94. The maximum atomic E-state index is 13.1. The molecule has 1 amide bonds. The predicted molar refractivity (Wildman–Crippen MR) is 74.9 cm³/mol. The number of hydrazone groups is 1. The molecule has 6 nitrogen and oxygen atoms in total. The number of carbonyl (C=O) groups excluding carboxylic acids is 1. The number of aliphatic hydroxyl groups is 1. The maximum absolute atomic E-state index is 13.1. The van der Waals surface area contributed by atoms with E-state index in [0.29, 0.717) is 12.8 Å². The monoisotopic (exact) mass is 384 g/mol. The van der Waals surface area contributed by atoms with Crippen LogP contribution in [0.3, 0.4) is 0 Å². The molecule has 2 heterocycles. The summed E-state index contributed by atoms with van der Waals surface area (Å²) in [6.07, 6.45) is -8.98. The van der Waals surface area contributed by atoms with E-state index in [2.05, 4.69) is 10.2 Å². The van der Waals surface area contributed by atoms with Crippen LogP contribution in [0.1, 0.15) is 49.5 Å². The largest absolute Gasteiger partial charge is 0.438 e. The highest BCUT2D eigenvalue weighted by Crippen LogP contribution is 2.44. The van der Waals surface area contributed by atoms with Gasteiger partial charge in [-0.15, -0.1) is 0 Å². The number of aromatic nitrogens is 2. The molecule has 1 aromatic heterocycles. The van der Waals surface area contributed by atoms with Gasteiger partial charge in [0.2, 0.25) is 0 Å². The number of nitrogens with zero attached hydrogens (tertiary/aromatic N) is 4. The van der Waals surface area contributed by atoms with E-state index in [4.69, 9.17) is 0 Å². The second-order valence-electron chi connectivity index (χ2n) is 6.31. The van der Waals surface area contributed by atoms with Gasteiger partial charge in [-0.05, 0) is 25.8 Å². The summed E-state index contributed by atoms with van der Waals surface area (Å²) in [7, 11) is 0. The maximum Gasteiger partial charge on any atom is 0.438 e. The van der Waals surface area contributed by atoms with Crippen molar-refractivity contribution in [3.8, 4) is 0 Å². The first kappa shape index (κ1) is 18.7. The summed E-state index contributed by atoms with van der Waals surface area (Å²) in [5, 5.41) is 16.3. The molecule has 0 saturated heterocycles. The minimum absolute atomic E-state index is 0.122. The zero-order valence-corrected chi connectivity index (χ0v) is 13.3. The molecular formula is C14H14F6N4O2. The Bertz CT molecular complexity index is 752. The van der Waals surface area contributed by atoms with Crippen molar-refractivity contribution in [3.05, 3.63) is 17.5 Å². The molecule has 0 unspecified atom stereocenters. The van der Waals surface area contributed by atoms with Gasteiger partial charge in [-0.1, -0.05) is 0 Å². The van der Waals surface area contributed by atoms with E-state index in [-0.39, 0.29) is 16.6 Å². The van der Waals surface area contributed by atoms with Crippen molar-refractivity contribution in [1.82, 2.24) is 14.8 Å². The Labute approximate surface area is 143 Å². The average molecular weight is 384 g/mol. The van der Waals surface area contributed by atoms with Gasteiger partial charge in [0, 0.05) is 24.2 Å². The number of carbonyl (C=O) groups is 1. The molecule has 0 radical (unpaired) electrons. The van der Waals surface area contributed by atoms with Gasteiger partial charge in [0.25, 0.3) is 11.6 Å². The summed E-state index contributed by atoms with van der Waals surface area (Å²) >= 11 is 0. The lowest BCUT2D eigenvalue weighted by Gasteiger charge is -2.34. The Morgan fingerprint density at radius 3 is 2.42 bits per heavy atom. The SMILES string of the molecule is C[C@@H](C(=O)N1N=CC[C@]1(O)C(F)(F)F)n1nc(C(F)(F)F)cc1C1CC1. The zero-order valence-electron chi connectivity index (χ0n) is 13.3. The molecule has 144 valence electrons. The number of halogens is 6. The molecule has 1 aromatic rings. The van der Waals surface area contributed by atoms with Crippen molar-refractivity contribution in [3.63, 3.8) is 0 Å². The summed E-state index contributed by atoms with van der Waals surface area (Å²) in [4.78, 5) is 12.5. The quantitative estimate of drug-likeness (QED) is 0.815. The minimum Gasteiger partial charge on any atom is -0.362 e. The first-order chi connectivity index (χ1) is 11.9. The first-order valence-electron chi connectivity index (χ1n) is 7.68. The van der Waals surface area contributed by atoms with Gasteiger partial charge in [0.1, 0.15) is 6.04 Å². The Kier molecular flexibility index (Phi) is 4.09. The molecule has 1 N–H and O–H groups in total. The van der Waals surface area contributed by atoms with Crippen LogP contribution in [0.25, 0.3) is 0 Å². The predicted octanol–water partition coefficient (Wildman–Crippen LogP) is 2.81. The molecule has 26 heavy (non-hydrogen) atoms. The number of hydrogen-bond donors (Lipinski definition) is 1. The number of amides is 1. The van der Waals surface area contributed by atoms with E-state index in [1.165, 1.54) is 0 Å². The first-order valence-corrected chi connectivity index (χ1v) is 7.68. The Morgan fingerprint density at radius 1 is 1.31 bits per heavy atom. The van der Waals surface area contributed by atoms with Crippen LogP contribution >= 0.6 is 0 Å². The highest BCUT2D eigenvalue weighted by Gasteiger charge is 2.62. The lowest BCUT2D eigenvalue weighted by molar-refractivity contribution is -0.302.